The van der Waals surface area contributed by atoms with E-state index in [1.54, 1.807) is 0 Å². The normalized spacial score (nSPS) is 28.4. The first-order valence-electron chi connectivity index (χ1n) is 12.5. The third-order valence-corrected chi connectivity index (χ3v) is 6.90. The number of carboxylic acid groups (broad SMARTS) is 1. The van der Waals surface area contributed by atoms with E-state index in [4.69, 9.17) is 14.6 Å². The highest BCUT2D eigenvalue weighted by molar-refractivity contribution is 5.66. The molecule has 0 radical (unpaired) electrons. The minimum absolute atomic E-state index is 0.0240. The first-order valence-corrected chi connectivity index (χ1v) is 12.5. The molecule has 180 valence electrons. The number of ether oxygens (including phenoxy) is 2. The highest BCUT2D eigenvalue weighted by atomic mass is 16.7. The molecule has 1 saturated heterocycles. The number of rotatable bonds is 15. The lowest BCUT2D eigenvalue weighted by atomic mass is 9.84. The molecule has 1 aliphatic heterocycles. The van der Waals surface area contributed by atoms with Crippen LogP contribution in [0.4, 0.5) is 0 Å². The molecule has 0 aromatic heterocycles. The van der Waals surface area contributed by atoms with E-state index in [1.165, 1.54) is 25.7 Å². The van der Waals surface area contributed by atoms with Gasteiger partial charge >= 0.3 is 5.97 Å². The van der Waals surface area contributed by atoms with Gasteiger partial charge in [-0.2, -0.15) is 0 Å². The van der Waals surface area contributed by atoms with E-state index < -0.39 is 24.0 Å². The van der Waals surface area contributed by atoms with Gasteiger partial charge in [-0.1, -0.05) is 44.8 Å². The SMILES string of the molecule is CCCCCCCC1(CC[C@@H]2[C@@H](C/C=C\CCCC(=O)O)[C@@H](O)C[C@H]2O)OCCCO1. The summed E-state index contributed by atoms with van der Waals surface area (Å²) in [4.78, 5) is 10.6. The number of allylic oxidation sites excluding steroid dienone is 2. The van der Waals surface area contributed by atoms with Crippen LogP contribution in [-0.4, -0.2) is 52.5 Å². The van der Waals surface area contributed by atoms with Gasteiger partial charge in [-0.25, -0.2) is 0 Å². The number of aliphatic carboxylic acids is 1. The van der Waals surface area contributed by atoms with Gasteiger partial charge in [0.25, 0.3) is 0 Å². The van der Waals surface area contributed by atoms with Crippen LogP contribution in [0.25, 0.3) is 0 Å². The van der Waals surface area contributed by atoms with Gasteiger partial charge < -0.3 is 24.8 Å². The number of unbranched alkanes of at least 4 members (excludes halogenated alkanes) is 5. The number of carboxylic acids is 1. The number of hydrogen-bond donors (Lipinski definition) is 3. The van der Waals surface area contributed by atoms with Gasteiger partial charge in [0.15, 0.2) is 5.79 Å². The van der Waals surface area contributed by atoms with Crippen molar-refractivity contribution in [1.82, 2.24) is 0 Å². The van der Waals surface area contributed by atoms with Crippen LogP contribution in [0.15, 0.2) is 12.2 Å². The Morgan fingerprint density at radius 3 is 2.39 bits per heavy atom. The minimum Gasteiger partial charge on any atom is -0.481 e. The summed E-state index contributed by atoms with van der Waals surface area (Å²) in [5.74, 6) is -1.25. The molecular formula is C25H44O6. The highest BCUT2D eigenvalue weighted by Gasteiger charge is 2.43. The van der Waals surface area contributed by atoms with Gasteiger partial charge in [0.1, 0.15) is 0 Å². The maximum absolute atomic E-state index is 10.6. The molecule has 31 heavy (non-hydrogen) atoms. The fourth-order valence-electron chi connectivity index (χ4n) is 5.06. The summed E-state index contributed by atoms with van der Waals surface area (Å²) in [5.41, 5.74) is 0. The Kier molecular flexibility index (Phi) is 12.1. The van der Waals surface area contributed by atoms with E-state index in [9.17, 15) is 15.0 Å². The van der Waals surface area contributed by atoms with Crippen LogP contribution >= 0.6 is 0 Å². The molecule has 0 unspecified atom stereocenters. The summed E-state index contributed by atoms with van der Waals surface area (Å²) in [6.07, 6.45) is 15.1. The summed E-state index contributed by atoms with van der Waals surface area (Å²) in [6.45, 7) is 3.68. The fourth-order valence-corrected chi connectivity index (χ4v) is 5.06. The lowest BCUT2D eigenvalue weighted by Gasteiger charge is -2.39. The van der Waals surface area contributed by atoms with Crippen molar-refractivity contribution >= 4 is 5.97 Å². The summed E-state index contributed by atoms with van der Waals surface area (Å²) in [5, 5.41) is 29.8. The van der Waals surface area contributed by atoms with Crippen molar-refractivity contribution < 1.29 is 29.6 Å². The molecule has 0 aromatic rings. The second-order valence-electron chi connectivity index (χ2n) is 9.36. The second-order valence-corrected chi connectivity index (χ2v) is 9.36. The topological polar surface area (TPSA) is 96.2 Å². The van der Waals surface area contributed by atoms with Gasteiger partial charge in [-0.15, -0.1) is 0 Å². The molecule has 3 N–H and O–H groups in total. The molecular weight excluding hydrogens is 396 g/mol. The van der Waals surface area contributed by atoms with Gasteiger partial charge in [0.2, 0.25) is 0 Å². The zero-order chi connectivity index (χ0) is 22.5. The maximum Gasteiger partial charge on any atom is 0.303 e. The van der Waals surface area contributed by atoms with Crippen molar-refractivity contribution in [1.29, 1.82) is 0 Å². The van der Waals surface area contributed by atoms with Crippen LogP contribution in [0.3, 0.4) is 0 Å². The van der Waals surface area contributed by atoms with E-state index in [0.717, 1.165) is 51.7 Å². The molecule has 1 aliphatic carbocycles. The molecule has 4 atom stereocenters. The zero-order valence-corrected chi connectivity index (χ0v) is 19.3. The molecule has 2 fully saturated rings. The largest absolute Gasteiger partial charge is 0.481 e. The molecule has 2 aliphatic rings. The summed E-state index contributed by atoms with van der Waals surface area (Å²) in [7, 11) is 0. The highest BCUT2D eigenvalue weighted by Crippen LogP contribution is 2.41. The Labute approximate surface area is 188 Å². The third-order valence-electron chi connectivity index (χ3n) is 6.90. The van der Waals surface area contributed by atoms with Crippen LogP contribution in [0, 0.1) is 11.8 Å². The molecule has 2 rings (SSSR count). The Balaban J connectivity index is 1.85. The molecule has 0 amide bonds. The Morgan fingerprint density at radius 2 is 1.68 bits per heavy atom. The lowest BCUT2D eigenvalue weighted by molar-refractivity contribution is -0.276. The zero-order valence-electron chi connectivity index (χ0n) is 19.3. The van der Waals surface area contributed by atoms with Gasteiger partial charge in [0, 0.05) is 19.3 Å². The van der Waals surface area contributed by atoms with Crippen LogP contribution < -0.4 is 0 Å². The maximum atomic E-state index is 10.6. The number of hydrogen-bond acceptors (Lipinski definition) is 5. The molecule has 0 spiro atoms. The molecule has 1 heterocycles. The standard InChI is InChI=1S/C25H44O6/c1-2-3-4-7-10-15-25(30-17-11-18-31-25)16-14-21-20(22(26)19-23(21)27)12-8-5-6-9-13-24(28)29/h5,8,20-23,26-27H,2-4,6-7,9-19H2,1H3,(H,28,29)/b8-5-/t20-,21-,22+,23-/m1/s1. The van der Waals surface area contributed by atoms with Gasteiger partial charge in [-0.3, -0.25) is 4.79 Å². The quantitative estimate of drug-likeness (QED) is 0.250. The Morgan fingerprint density at radius 1 is 0.968 bits per heavy atom. The second kappa shape index (κ2) is 14.2. The van der Waals surface area contributed by atoms with E-state index in [-0.39, 0.29) is 18.3 Å². The first-order chi connectivity index (χ1) is 15.0. The van der Waals surface area contributed by atoms with Crippen LogP contribution in [0.2, 0.25) is 0 Å². The summed E-state index contributed by atoms with van der Waals surface area (Å²) < 4.78 is 12.3. The molecule has 0 bridgehead atoms. The van der Waals surface area contributed by atoms with Gasteiger partial charge in [-0.05, 0) is 56.8 Å². The van der Waals surface area contributed by atoms with Gasteiger partial charge in [0.05, 0.1) is 25.4 Å². The molecule has 1 saturated carbocycles. The molecule has 6 nitrogen and oxygen atoms in total. The van der Waals surface area contributed by atoms with E-state index in [2.05, 4.69) is 6.92 Å². The van der Waals surface area contributed by atoms with Crippen molar-refractivity contribution in [2.75, 3.05) is 13.2 Å². The number of carbonyl (C=O) groups is 1. The summed E-state index contributed by atoms with van der Waals surface area (Å²) >= 11 is 0. The van der Waals surface area contributed by atoms with Crippen LogP contribution in [-0.2, 0) is 14.3 Å². The molecule has 0 aromatic carbocycles. The van der Waals surface area contributed by atoms with E-state index in [1.807, 2.05) is 12.2 Å². The monoisotopic (exact) mass is 440 g/mol. The average Bonchev–Trinajstić information content (AvgIpc) is 3.02. The van der Waals surface area contributed by atoms with Crippen LogP contribution in [0.5, 0.6) is 0 Å². The predicted molar refractivity (Wildman–Crippen MR) is 121 cm³/mol. The van der Waals surface area contributed by atoms with E-state index >= 15 is 0 Å². The smallest absolute Gasteiger partial charge is 0.303 e. The fraction of sp³-hybridized carbons (Fsp3) is 0.880. The lowest BCUT2D eigenvalue weighted by Crippen LogP contribution is -2.41. The van der Waals surface area contributed by atoms with Crippen molar-refractivity contribution in [3.8, 4) is 0 Å². The Bertz CT molecular complexity index is 528. The number of aliphatic hydroxyl groups is 2. The van der Waals surface area contributed by atoms with Crippen molar-refractivity contribution in [2.24, 2.45) is 11.8 Å². The molecule has 6 heteroatoms. The summed E-state index contributed by atoms with van der Waals surface area (Å²) in [6, 6.07) is 0. The average molecular weight is 441 g/mol. The third kappa shape index (κ3) is 9.21. The first kappa shape index (κ1) is 26.3. The van der Waals surface area contributed by atoms with Crippen molar-refractivity contribution in [3.05, 3.63) is 12.2 Å². The predicted octanol–water partition coefficient (Wildman–Crippen LogP) is 4.82. The van der Waals surface area contributed by atoms with E-state index in [0.29, 0.717) is 19.3 Å². The number of aliphatic hydroxyl groups excluding tert-OH is 2. The van der Waals surface area contributed by atoms with Crippen molar-refractivity contribution in [3.63, 3.8) is 0 Å². The van der Waals surface area contributed by atoms with Crippen LogP contribution in [0.1, 0.15) is 96.8 Å². The Hall–Kier alpha value is -0.950. The van der Waals surface area contributed by atoms with Crippen molar-refractivity contribution in [2.45, 2.75) is 115 Å². The minimum atomic E-state index is -0.769.